The average Bonchev–Trinajstić information content (AvgIpc) is 2.73. The summed E-state index contributed by atoms with van der Waals surface area (Å²) in [5.74, 6) is 0.587. The molecule has 1 heterocycles. The minimum atomic E-state index is -0.126. The summed E-state index contributed by atoms with van der Waals surface area (Å²) < 4.78 is 11.0. The highest BCUT2D eigenvalue weighted by molar-refractivity contribution is 5.78. The molecule has 0 spiro atoms. The third-order valence-electron chi connectivity index (χ3n) is 4.85. The number of carbonyl (C=O) groups excluding carboxylic acids is 1. The van der Waals surface area contributed by atoms with Crippen LogP contribution in [-0.2, 0) is 16.0 Å². The van der Waals surface area contributed by atoms with Crippen LogP contribution in [-0.4, -0.2) is 38.8 Å². The summed E-state index contributed by atoms with van der Waals surface area (Å²) in [4.78, 5) is 14.5. The molecule has 1 amide bonds. The highest BCUT2D eigenvalue weighted by Crippen LogP contribution is 2.20. The molecule has 1 aliphatic rings. The van der Waals surface area contributed by atoms with E-state index >= 15 is 0 Å². The smallest absolute Gasteiger partial charge is 0.258 e. The monoisotopic (exact) mass is 368 g/mol. The van der Waals surface area contributed by atoms with Gasteiger partial charge in [0, 0.05) is 18.8 Å². The summed E-state index contributed by atoms with van der Waals surface area (Å²) in [6, 6.07) is 16.1. The van der Waals surface area contributed by atoms with E-state index in [9.17, 15) is 4.79 Å². The van der Waals surface area contributed by atoms with Gasteiger partial charge < -0.3 is 19.7 Å². The fourth-order valence-corrected chi connectivity index (χ4v) is 3.13. The highest BCUT2D eigenvalue weighted by atomic mass is 16.5. The van der Waals surface area contributed by atoms with Crippen LogP contribution < -0.4 is 15.0 Å². The lowest BCUT2D eigenvalue weighted by Crippen LogP contribution is -2.36. The maximum atomic E-state index is 12.2. The molecule has 27 heavy (non-hydrogen) atoms. The first-order valence-corrected chi connectivity index (χ1v) is 9.59. The molecule has 1 aliphatic heterocycles. The van der Waals surface area contributed by atoms with Gasteiger partial charge in [0.1, 0.15) is 5.75 Å². The largest absolute Gasteiger partial charge is 0.484 e. The maximum Gasteiger partial charge on any atom is 0.258 e. The van der Waals surface area contributed by atoms with Crippen LogP contribution in [0.1, 0.15) is 31.0 Å². The van der Waals surface area contributed by atoms with Gasteiger partial charge in [0.2, 0.25) is 0 Å². The quantitative estimate of drug-likeness (QED) is 0.814. The molecule has 0 bridgehead atoms. The van der Waals surface area contributed by atoms with E-state index in [0.717, 1.165) is 38.3 Å². The van der Waals surface area contributed by atoms with Crippen LogP contribution in [0.2, 0.25) is 0 Å². The highest BCUT2D eigenvalue weighted by Gasteiger charge is 2.13. The fraction of sp³-hybridized carbons (Fsp3) is 0.409. The predicted octanol–water partition coefficient (Wildman–Crippen LogP) is 3.34. The van der Waals surface area contributed by atoms with Crippen LogP contribution in [0, 0.1) is 0 Å². The lowest BCUT2D eigenvalue weighted by molar-refractivity contribution is -0.123. The summed E-state index contributed by atoms with van der Waals surface area (Å²) in [7, 11) is 0. The van der Waals surface area contributed by atoms with Gasteiger partial charge in [-0.25, -0.2) is 0 Å². The first-order valence-electron chi connectivity index (χ1n) is 9.59. The topological polar surface area (TPSA) is 50.8 Å². The fourth-order valence-electron chi connectivity index (χ4n) is 3.13. The van der Waals surface area contributed by atoms with E-state index in [1.165, 1.54) is 11.3 Å². The molecular weight excluding hydrogens is 340 g/mol. The number of rotatable bonds is 7. The zero-order valence-electron chi connectivity index (χ0n) is 16.1. The van der Waals surface area contributed by atoms with E-state index < -0.39 is 0 Å². The molecule has 5 heteroatoms. The number of amides is 1. The van der Waals surface area contributed by atoms with Crippen molar-refractivity contribution in [3.05, 3.63) is 59.7 Å². The van der Waals surface area contributed by atoms with Gasteiger partial charge in [0.25, 0.3) is 5.91 Å². The van der Waals surface area contributed by atoms with Gasteiger partial charge in [-0.2, -0.15) is 0 Å². The Kier molecular flexibility index (Phi) is 6.71. The number of hydrogen-bond donors (Lipinski definition) is 1. The van der Waals surface area contributed by atoms with E-state index in [1.54, 1.807) is 0 Å². The SMILES string of the molecule is CCc1ccc(OCC(=O)NC(C)c2ccc(N3CCOCC3)cc2)cc1. The molecule has 2 aromatic carbocycles. The number of carbonyl (C=O) groups is 1. The van der Waals surface area contributed by atoms with E-state index in [-0.39, 0.29) is 18.6 Å². The van der Waals surface area contributed by atoms with Crippen molar-refractivity contribution in [3.63, 3.8) is 0 Å². The third kappa shape index (κ3) is 5.47. The molecule has 1 fully saturated rings. The van der Waals surface area contributed by atoms with E-state index in [4.69, 9.17) is 9.47 Å². The number of anilines is 1. The molecule has 0 saturated carbocycles. The zero-order chi connectivity index (χ0) is 19.1. The summed E-state index contributed by atoms with van der Waals surface area (Å²) in [5.41, 5.74) is 3.52. The summed E-state index contributed by atoms with van der Waals surface area (Å²) >= 11 is 0. The Morgan fingerprint density at radius 1 is 1.11 bits per heavy atom. The lowest BCUT2D eigenvalue weighted by atomic mass is 10.1. The molecule has 0 aliphatic carbocycles. The minimum absolute atomic E-state index is 0.0155. The molecule has 1 N–H and O–H groups in total. The summed E-state index contributed by atoms with van der Waals surface area (Å²) in [6.07, 6.45) is 0.989. The van der Waals surface area contributed by atoms with Crippen LogP contribution in [0.15, 0.2) is 48.5 Å². The molecular formula is C22H28N2O3. The number of benzene rings is 2. The third-order valence-corrected chi connectivity index (χ3v) is 4.85. The average molecular weight is 368 g/mol. The van der Waals surface area contributed by atoms with Crippen molar-refractivity contribution >= 4 is 11.6 Å². The maximum absolute atomic E-state index is 12.2. The number of morpholine rings is 1. The zero-order valence-corrected chi connectivity index (χ0v) is 16.1. The van der Waals surface area contributed by atoms with E-state index in [0.29, 0.717) is 5.75 Å². The predicted molar refractivity (Wildman–Crippen MR) is 107 cm³/mol. The van der Waals surface area contributed by atoms with Crippen molar-refractivity contribution in [2.75, 3.05) is 37.8 Å². The molecule has 0 aromatic heterocycles. The molecule has 1 saturated heterocycles. The molecule has 2 aromatic rings. The Balaban J connectivity index is 1.48. The van der Waals surface area contributed by atoms with Gasteiger partial charge in [-0.3, -0.25) is 4.79 Å². The van der Waals surface area contributed by atoms with Crippen molar-refractivity contribution in [1.82, 2.24) is 5.32 Å². The van der Waals surface area contributed by atoms with Crippen molar-refractivity contribution in [2.45, 2.75) is 26.3 Å². The van der Waals surface area contributed by atoms with Crippen LogP contribution in [0.3, 0.4) is 0 Å². The van der Waals surface area contributed by atoms with Crippen LogP contribution >= 0.6 is 0 Å². The Bertz CT molecular complexity index is 722. The van der Waals surface area contributed by atoms with Crippen molar-refractivity contribution in [3.8, 4) is 5.75 Å². The second-order valence-electron chi connectivity index (χ2n) is 6.77. The van der Waals surface area contributed by atoms with Crippen molar-refractivity contribution in [1.29, 1.82) is 0 Å². The minimum Gasteiger partial charge on any atom is -0.484 e. The number of aryl methyl sites for hydroxylation is 1. The number of ether oxygens (including phenoxy) is 2. The van der Waals surface area contributed by atoms with Gasteiger partial charge in [0.05, 0.1) is 19.3 Å². The van der Waals surface area contributed by atoms with Gasteiger partial charge in [-0.15, -0.1) is 0 Å². The molecule has 5 nitrogen and oxygen atoms in total. The first kappa shape index (κ1) is 19.2. The Labute approximate surface area is 161 Å². The van der Waals surface area contributed by atoms with Crippen LogP contribution in [0.5, 0.6) is 5.75 Å². The van der Waals surface area contributed by atoms with Crippen molar-refractivity contribution in [2.24, 2.45) is 0 Å². The Morgan fingerprint density at radius 3 is 2.41 bits per heavy atom. The number of nitrogens with one attached hydrogen (secondary N) is 1. The normalized spacial score (nSPS) is 15.3. The Morgan fingerprint density at radius 2 is 1.78 bits per heavy atom. The van der Waals surface area contributed by atoms with Crippen molar-refractivity contribution < 1.29 is 14.3 Å². The van der Waals surface area contributed by atoms with Gasteiger partial charge >= 0.3 is 0 Å². The van der Waals surface area contributed by atoms with E-state index in [2.05, 4.69) is 41.4 Å². The van der Waals surface area contributed by atoms with E-state index in [1.807, 2.05) is 31.2 Å². The lowest BCUT2D eigenvalue weighted by Gasteiger charge is -2.29. The molecule has 1 unspecified atom stereocenters. The standard InChI is InChI=1S/C22H28N2O3/c1-3-18-4-10-21(11-5-18)27-16-22(25)23-17(2)19-6-8-20(9-7-19)24-12-14-26-15-13-24/h4-11,17H,3,12-16H2,1-2H3,(H,23,25). The second kappa shape index (κ2) is 9.42. The molecule has 3 rings (SSSR count). The first-order chi connectivity index (χ1) is 13.2. The number of nitrogens with zero attached hydrogens (tertiary/aromatic N) is 1. The number of hydrogen-bond acceptors (Lipinski definition) is 4. The van der Waals surface area contributed by atoms with Gasteiger partial charge in [-0.05, 0) is 48.7 Å². The molecule has 1 atom stereocenters. The van der Waals surface area contributed by atoms with Gasteiger partial charge in [-0.1, -0.05) is 31.2 Å². The van der Waals surface area contributed by atoms with Crippen LogP contribution in [0.4, 0.5) is 5.69 Å². The molecule has 144 valence electrons. The molecule has 0 radical (unpaired) electrons. The second-order valence-corrected chi connectivity index (χ2v) is 6.77. The Hall–Kier alpha value is -2.53. The van der Waals surface area contributed by atoms with Crippen LogP contribution in [0.25, 0.3) is 0 Å². The summed E-state index contributed by atoms with van der Waals surface area (Å²) in [6.45, 7) is 7.49. The summed E-state index contributed by atoms with van der Waals surface area (Å²) in [5, 5.41) is 2.99. The van der Waals surface area contributed by atoms with Gasteiger partial charge in [0.15, 0.2) is 6.61 Å².